The van der Waals surface area contributed by atoms with Crippen LogP contribution in [0.2, 0.25) is 5.02 Å². The fraction of sp³-hybridized carbons (Fsp3) is 0.350. The number of amides is 1. The van der Waals surface area contributed by atoms with Crippen LogP contribution < -0.4 is 5.32 Å². The zero-order chi connectivity index (χ0) is 16.9. The summed E-state index contributed by atoms with van der Waals surface area (Å²) < 4.78 is 0. The van der Waals surface area contributed by atoms with Crippen molar-refractivity contribution in [3.63, 3.8) is 0 Å². The lowest BCUT2D eigenvalue weighted by Crippen LogP contribution is -2.28. The van der Waals surface area contributed by atoms with Gasteiger partial charge >= 0.3 is 0 Å². The van der Waals surface area contributed by atoms with Crippen molar-refractivity contribution in [3.05, 3.63) is 69.7 Å². The van der Waals surface area contributed by atoms with Gasteiger partial charge in [-0.05, 0) is 60.6 Å². The second kappa shape index (κ2) is 8.09. The van der Waals surface area contributed by atoms with Gasteiger partial charge in [0.2, 0.25) is 5.91 Å². The lowest BCUT2D eigenvalue weighted by Gasteiger charge is -2.15. The van der Waals surface area contributed by atoms with Gasteiger partial charge in [-0.1, -0.05) is 41.9 Å². The highest BCUT2D eigenvalue weighted by atomic mass is 35.5. The average Bonchev–Trinajstić information content (AvgIpc) is 3.02. The minimum absolute atomic E-state index is 0.0511. The van der Waals surface area contributed by atoms with Gasteiger partial charge in [0.25, 0.3) is 0 Å². The second-order valence-corrected chi connectivity index (χ2v) is 7.72. The summed E-state index contributed by atoms with van der Waals surface area (Å²) in [6.45, 7) is 2.05. The van der Waals surface area contributed by atoms with Crippen LogP contribution in [0.5, 0.6) is 0 Å². The summed E-state index contributed by atoms with van der Waals surface area (Å²) >= 11 is 7.58. The Hall–Kier alpha value is -1.45. The number of carbonyl (C=O) groups is 1. The van der Waals surface area contributed by atoms with Crippen LogP contribution in [0, 0.1) is 0 Å². The first-order valence-electron chi connectivity index (χ1n) is 8.35. The molecule has 2 nitrogen and oxygen atoms in total. The Morgan fingerprint density at radius 2 is 2.04 bits per heavy atom. The third-order valence-electron chi connectivity index (χ3n) is 4.39. The number of nitrogens with one attached hydrogen (secondary N) is 1. The first-order chi connectivity index (χ1) is 11.6. The summed E-state index contributed by atoms with van der Waals surface area (Å²) in [7, 11) is 0. The number of rotatable bonds is 6. The summed E-state index contributed by atoms with van der Waals surface area (Å²) in [5.74, 6) is 1.33. The number of carbonyl (C=O) groups excluding carboxylic acids is 1. The number of halogens is 1. The predicted molar refractivity (Wildman–Crippen MR) is 103 cm³/mol. The van der Waals surface area contributed by atoms with E-state index >= 15 is 0 Å². The maximum Gasteiger partial charge on any atom is 0.230 e. The van der Waals surface area contributed by atoms with Crippen molar-refractivity contribution in [2.24, 2.45) is 0 Å². The molecule has 3 rings (SSSR count). The molecule has 0 saturated carbocycles. The molecule has 2 aromatic carbocycles. The van der Waals surface area contributed by atoms with Gasteiger partial charge in [0.1, 0.15) is 0 Å². The smallest absolute Gasteiger partial charge is 0.230 e. The summed E-state index contributed by atoms with van der Waals surface area (Å²) in [6.07, 6.45) is 3.61. The molecule has 0 aliphatic heterocycles. The van der Waals surface area contributed by atoms with Crippen molar-refractivity contribution in [1.29, 1.82) is 0 Å². The van der Waals surface area contributed by atoms with E-state index in [0.29, 0.717) is 5.75 Å². The Labute approximate surface area is 153 Å². The molecule has 0 unspecified atom stereocenters. The highest BCUT2D eigenvalue weighted by Crippen LogP contribution is 2.25. The Morgan fingerprint density at radius 3 is 2.88 bits per heavy atom. The quantitative estimate of drug-likeness (QED) is 0.791. The molecule has 1 amide bonds. The summed E-state index contributed by atoms with van der Waals surface area (Å²) in [5, 5.41) is 3.84. The molecule has 0 bridgehead atoms. The molecular weight excluding hydrogens is 338 g/mol. The first kappa shape index (κ1) is 17.4. The standard InChI is InChI=1S/C20H22ClNOS/c1-14(17-9-8-16-5-3-6-18(16)11-17)22-20(23)13-24-12-15-4-2-7-19(21)10-15/h2,4,7-11,14H,3,5-6,12-13H2,1H3,(H,22,23)/t14-/m1/s1. The summed E-state index contributed by atoms with van der Waals surface area (Å²) in [6, 6.07) is 14.4. The van der Waals surface area contributed by atoms with Crippen LogP contribution in [0.4, 0.5) is 0 Å². The van der Waals surface area contributed by atoms with Crippen LogP contribution in [0.3, 0.4) is 0 Å². The monoisotopic (exact) mass is 359 g/mol. The van der Waals surface area contributed by atoms with Gasteiger partial charge in [0.05, 0.1) is 11.8 Å². The van der Waals surface area contributed by atoms with E-state index < -0.39 is 0 Å². The molecule has 2 aromatic rings. The van der Waals surface area contributed by atoms with E-state index in [2.05, 4.69) is 30.4 Å². The first-order valence-corrected chi connectivity index (χ1v) is 9.88. The van der Waals surface area contributed by atoms with Crippen LogP contribution in [0.15, 0.2) is 42.5 Å². The van der Waals surface area contributed by atoms with E-state index in [4.69, 9.17) is 11.6 Å². The molecule has 1 aliphatic rings. The van der Waals surface area contributed by atoms with Crippen molar-refractivity contribution >= 4 is 29.3 Å². The molecule has 1 aliphatic carbocycles. The third-order valence-corrected chi connectivity index (χ3v) is 5.63. The fourth-order valence-electron chi connectivity index (χ4n) is 3.12. The molecule has 24 heavy (non-hydrogen) atoms. The van der Waals surface area contributed by atoms with Crippen molar-refractivity contribution in [1.82, 2.24) is 5.32 Å². The van der Waals surface area contributed by atoms with Gasteiger partial charge in [-0.3, -0.25) is 4.79 Å². The molecule has 0 aromatic heterocycles. The zero-order valence-corrected chi connectivity index (χ0v) is 15.4. The summed E-state index contributed by atoms with van der Waals surface area (Å²) in [4.78, 5) is 12.2. The Morgan fingerprint density at radius 1 is 1.21 bits per heavy atom. The van der Waals surface area contributed by atoms with Gasteiger partial charge in [-0.25, -0.2) is 0 Å². The van der Waals surface area contributed by atoms with E-state index in [-0.39, 0.29) is 11.9 Å². The maximum absolute atomic E-state index is 12.2. The number of aryl methyl sites for hydroxylation is 2. The fourth-order valence-corrected chi connectivity index (χ4v) is 4.11. The molecule has 126 valence electrons. The van der Waals surface area contributed by atoms with E-state index in [1.54, 1.807) is 11.8 Å². The zero-order valence-electron chi connectivity index (χ0n) is 13.8. The van der Waals surface area contributed by atoms with E-state index in [1.165, 1.54) is 36.0 Å². The van der Waals surface area contributed by atoms with Gasteiger partial charge < -0.3 is 5.32 Å². The van der Waals surface area contributed by atoms with Crippen LogP contribution in [-0.2, 0) is 23.4 Å². The van der Waals surface area contributed by atoms with E-state index in [0.717, 1.165) is 16.3 Å². The third kappa shape index (κ3) is 4.55. The SMILES string of the molecule is C[C@@H](NC(=O)CSCc1cccc(Cl)c1)c1ccc2c(c1)CCC2. The molecule has 1 N–H and O–H groups in total. The van der Waals surface area contributed by atoms with Crippen LogP contribution >= 0.6 is 23.4 Å². The normalized spacial score (nSPS) is 14.2. The number of fused-ring (bicyclic) bond motifs is 1. The van der Waals surface area contributed by atoms with E-state index in [1.807, 2.05) is 24.3 Å². The maximum atomic E-state index is 12.2. The highest BCUT2D eigenvalue weighted by molar-refractivity contribution is 7.99. The highest BCUT2D eigenvalue weighted by Gasteiger charge is 2.14. The largest absolute Gasteiger partial charge is 0.349 e. The predicted octanol–water partition coefficient (Wildman–Crippen LogP) is 4.94. The van der Waals surface area contributed by atoms with Crippen molar-refractivity contribution in [2.75, 3.05) is 5.75 Å². The molecule has 0 saturated heterocycles. The Kier molecular flexibility index (Phi) is 5.85. The van der Waals surface area contributed by atoms with Crippen molar-refractivity contribution in [2.45, 2.75) is 38.0 Å². The van der Waals surface area contributed by atoms with Gasteiger partial charge in [0, 0.05) is 10.8 Å². The summed E-state index contributed by atoms with van der Waals surface area (Å²) in [5.41, 5.74) is 5.26. The van der Waals surface area contributed by atoms with Gasteiger partial charge in [-0.2, -0.15) is 0 Å². The molecule has 1 atom stereocenters. The molecule has 0 spiro atoms. The molecule has 0 heterocycles. The average molecular weight is 360 g/mol. The van der Waals surface area contributed by atoms with Gasteiger partial charge in [0.15, 0.2) is 0 Å². The van der Waals surface area contributed by atoms with Gasteiger partial charge in [-0.15, -0.1) is 11.8 Å². The number of hydrogen-bond donors (Lipinski definition) is 1. The minimum Gasteiger partial charge on any atom is -0.349 e. The number of benzene rings is 2. The topological polar surface area (TPSA) is 29.1 Å². The van der Waals surface area contributed by atoms with Crippen molar-refractivity contribution < 1.29 is 4.79 Å². The molecule has 0 fully saturated rings. The van der Waals surface area contributed by atoms with E-state index in [9.17, 15) is 4.79 Å². The van der Waals surface area contributed by atoms with Crippen LogP contribution in [0.25, 0.3) is 0 Å². The second-order valence-electron chi connectivity index (χ2n) is 6.29. The molecule has 0 radical (unpaired) electrons. The Bertz CT molecular complexity index is 731. The lowest BCUT2D eigenvalue weighted by atomic mass is 10.0. The number of thioether (sulfide) groups is 1. The lowest BCUT2D eigenvalue weighted by molar-refractivity contribution is -0.119. The minimum atomic E-state index is 0.0511. The molecule has 4 heteroatoms. The van der Waals surface area contributed by atoms with Crippen LogP contribution in [-0.4, -0.2) is 11.7 Å². The Balaban J connectivity index is 1.47. The van der Waals surface area contributed by atoms with Crippen molar-refractivity contribution in [3.8, 4) is 0 Å². The van der Waals surface area contributed by atoms with Crippen LogP contribution in [0.1, 0.15) is 41.6 Å². The molecular formula is C20H22ClNOS. The number of hydrogen-bond acceptors (Lipinski definition) is 2.